The number of rotatable bonds is 3. The molecule has 0 aliphatic heterocycles. The van der Waals surface area contributed by atoms with Crippen molar-refractivity contribution in [2.24, 2.45) is 0 Å². The first-order chi connectivity index (χ1) is 6.91. The number of benzene rings is 1. The van der Waals surface area contributed by atoms with Crippen molar-refractivity contribution in [2.75, 3.05) is 29.4 Å². The van der Waals surface area contributed by atoms with E-state index in [2.05, 4.69) is 0 Å². The lowest BCUT2D eigenvalue weighted by Gasteiger charge is -2.32. The Labute approximate surface area is 86.4 Å². The predicted octanol–water partition coefficient (Wildman–Crippen LogP) is 1.25. The number of nitrogens with zero attached hydrogens (tertiary/aromatic N) is 3. The molecule has 0 heterocycles. The van der Waals surface area contributed by atoms with Gasteiger partial charge in [0.1, 0.15) is 0 Å². The molecule has 1 N–H and O–H groups in total. The summed E-state index contributed by atoms with van der Waals surface area (Å²) >= 11 is 0. The van der Waals surface area contributed by atoms with Gasteiger partial charge in [0.05, 0.1) is 5.69 Å². The molecule has 0 saturated carbocycles. The van der Waals surface area contributed by atoms with Gasteiger partial charge >= 0.3 is 0 Å². The van der Waals surface area contributed by atoms with Crippen LogP contribution in [-0.2, 0) is 0 Å². The van der Waals surface area contributed by atoms with E-state index in [0.29, 0.717) is 10.1 Å². The fraction of sp³-hybridized carbons (Fsp3) is 0.250. The first kappa shape index (κ1) is 11.5. The zero-order valence-corrected chi connectivity index (χ0v) is 8.25. The van der Waals surface area contributed by atoms with Crippen LogP contribution in [0.1, 0.15) is 0 Å². The van der Waals surface area contributed by atoms with Gasteiger partial charge in [-0.1, -0.05) is 0 Å². The molecule has 0 unspecified atom stereocenters. The lowest BCUT2D eigenvalue weighted by Crippen LogP contribution is -2.13. The second-order valence-corrected chi connectivity index (χ2v) is 2.98. The van der Waals surface area contributed by atoms with Crippen LogP contribution in [-0.4, -0.2) is 19.3 Å². The van der Waals surface area contributed by atoms with Crippen molar-refractivity contribution in [3.8, 4) is 0 Å². The van der Waals surface area contributed by atoms with E-state index in [1.807, 2.05) is 0 Å². The Morgan fingerprint density at radius 2 is 1.20 bits per heavy atom. The fourth-order valence-electron chi connectivity index (χ4n) is 1.05. The van der Waals surface area contributed by atoms with Crippen LogP contribution >= 0.6 is 0 Å². The van der Waals surface area contributed by atoms with Crippen LogP contribution in [0.5, 0.6) is 0 Å². The van der Waals surface area contributed by atoms with Crippen molar-refractivity contribution in [2.45, 2.75) is 0 Å². The maximum Gasteiger partial charge on any atom is 0.0549 e. The van der Waals surface area contributed by atoms with E-state index in [0.717, 1.165) is 0 Å². The Bertz CT molecular complexity index is 276. The van der Waals surface area contributed by atoms with Crippen molar-refractivity contribution >= 4 is 17.1 Å². The quantitative estimate of drug-likeness (QED) is 0.752. The van der Waals surface area contributed by atoms with Gasteiger partial charge in [-0.15, -0.1) is 0 Å². The summed E-state index contributed by atoms with van der Waals surface area (Å²) in [6.45, 7) is 0. The minimum Gasteiger partial charge on any atom is -0.758 e. The standard InChI is InChI=1S/C8H10N3O4/c1-9(12)6-3-7(10(2)13)5-8(4-6)11(14)15/h3-5,14H,1-2H3/q-3. The molecule has 7 nitrogen and oxygen atoms in total. The molecule has 0 saturated heterocycles. The molecule has 84 valence electrons. The summed E-state index contributed by atoms with van der Waals surface area (Å²) in [5.41, 5.74) is 0.0492. The average molecular weight is 212 g/mol. The largest absolute Gasteiger partial charge is 0.758 e. The topological polar surface area (TPSA) is 99.1 Å². The monoisotopic (exact) mass is 212 g/mol. The molecule has 0 spiro atoms. The van der Waals surface area contributed by atoms with E-state index in [1.165, 1.54) is 32.3 Å². The molecule has 1 rings (SSSR count). The summed E-state index contributed by atoms with van der Waals surface area (Å²) < 4.78 is 0. The minimum absolute atomic E-state index is 0.111. The highest BCUT2D eigenvalue weighted by atomic mass is 16.8. The summed E-state index contributed by atoms with van der Waals surface area (Å²) in [4.78, 5) is 0. The van der Waals surface area contributed by atoms with Crippen LogP contribution in [0.15, 0.2) is 18.2 Å². The highest BCUT2D eigenvalue weighted by Crippen LogP contribution is 2.27. The molecule has 0 radical (unpaired) electrons. The first-order valence-electron chi connectivity index (χ1n) is 4.05. The zero-order valence-electron chi connectivity index (χ0n) is 8.25. The molecular weight excluding hydrogens is 202 g/mol. The molecule has 1 aromatic rings. The van der Waals surface area contributed by atoms with Crippen molar-refractivity contribution in [1.29, 1.82) is 0 Å². The molecule has 0 aliphatic carbocycles. The van der Waals surface area contributed by atoms with Crippen LogP contribution in [0.3, 0.4) is 0 Å². The molecule has 0 amide bonds. The summed E-state index contributed by atoms with van der Waals surface area (Å²) in [6, 6.07) is 3.66. The Kier molecular flexibility index (Phi) is 3.32. The highest BCUT2D eigenvalue weighted by Gasteiger charge is 2.01. The van der Waals surface area contributed by atoms with E-state index >= 15 is 0 Å². The molecule has 0 atom stereocenters. The number of hydrogen-bond acceptors (Lipinski definition) is 7. The lowest BCUT2D eigenvalue weighted by molar-refractivity contribution is 0.296. The number of anilines is 3. The van der Waals surface area contributed by atoms with Crippen LogP contribution in [0.25, 0.3) is 0 Å². The Hall–Kier alpha value is -1.54. The second-order valence-electron chi connectivity index (χ2n) is 2.98. The van der Waals surface area contributed by atoms with Crippen molar-refractivity contribution in [3.63, 3.8) is 0 Å². The van der Waals surface area contributed by atoms with Gasteiger partial charge in [-0.3, -0.25) is 5.21 Å². The predicted molar refractivity (Wildman–Crippen MR) is 57.6 cm³/mol. The van der Waals surface area contributed by atoms with E-state index < -0.39 is 5.23 Å². The van der Waals surface area contributed by atoms with Crippen molar-refractivity contribution < 1.29 is 5.21 Å². The number of hydroxylamine groups is 2. The van der Waals surface area contributed by atoms with Gasteiger partial charge in [-0.05, 0) is 32.3 Å². The van der Waals surface area contributed by atoms with E-state index in [1.54, 1.807) is 0 Å². The maximum absolute atomic E-state index is 11.0. The van der Waals surface area contributed by atoms with Crippen LogP contribution in [0.4, 0.5) is 17.1 Å². The van der Waals surface area contributed by atoms with Crippen LogP contribution in [0, 0.1) is 15.6 Å². The maximum atomic E-state index is 11.0. The normalized spacial score (nSPS) is 10.0. The SMILES string of the molecule is CN([O-])c1cc(N(C)[O-])cc(N([O-])O)c1. The molecule has 0 aliphatic rings. The van der Waals surface area contributed by atoms with Gasteiger partial charge in [0.2, 0.25) is 0 Å². The minimum atomic E-state index is -0.403. The molecule has 1 aromatic carbocycles. The molecule has 7 heteroatoms. The molecule has 0 bridgehead atoms. The fourth-order valence-corrected chi connectivity index (χ4v) is 1.05. The lowest BCUT2D eigenvalue weighted by atomic mass is 10.2. The third-order valence-corrected chi connectivity index (χ3v) is 1.84. The van der Waals surface area contributed by atoms with E-state index in [9.17, 15) is 15.6 Å². The molecular formula is C8H10N3O4-3. The molecule has 0 fully saturated rings. The van der Waals surface area contributed by atoms with Gasteiger partial charge in [-0.2, -0.15) is 0 Å². The van der Waals surface area contributed by atoms with Crippen LogP contribution in [0.2, 0.25) is 0 Å². The van der Waals surface area contributed by atoms with Gasteiger partial charge < -0.3 is 31.0 Å². The van der Waals surface area contributed by atoms with E-state index in [-0.39, 0.29) is 17.1 Å². The Balaban J connectivity index is 3.20. The van der Waals surface area contributed by atoms with Gasteiger partial charge in [-0.25, -0.2) is 0 Å². The summed E-state index contributed by atoms with van der Waals surface area (Å²) in [7, 11) is 2.44. The molecule has 0 aromatic heterocycles. The van der Waals surface area contributed by atoms with Crippen molar-refractivity contribution in [3.05, 3.63) is 33.8 Å². The third kappa shape index (κ3) is 2.70. The smallest absolute Gasteiger partial charge is 0.0549 e. The van der Waals surface area contributed by atoms with Gasteiger partial charge in [0, 0.05) is 11.4 Å². The van der Waals surface area contributed by atoms with Gasteiger partial charge in [0.15, 0.2) is 0 Å². The summed E-state index contributed by atoms with van der Waals surface area (Å²) in [5.74, 6) is 0. The third-order valence-electron chi connectivity index (χ3n) is 1.84. The van der Waals surface area contributed by atoms with Crippen LogP contribution < -0.4 is 15.4 Å². The first-order valence-corrected chi connectivity index (χ1v) is 4.05. The number of hydrogen-bond donors (Lipinski definition) is 1. The average Bonchev–Trinajstić information content (AvgIpc) is 2.16. The highest BCUT2D eigenvalue weighted by molar-refractivity contribution is 5.69. The Morgan fingerprint density at radius 1 is 0.867 bits per heavy atom. The second kappa shape index (κ2) is 4.32. The molecule has 15 heavy (non-hydrogen) atoms. The van der Waals surface area contributed by atoms with Gasteiger partial charge in [0.25, 0.3) is 0 Å². The van der Waals surface area contributed by atoms with E-state index in [4.69, 9.17) is 5.21 Å². The summed E-state index contributed by atoms with van der Waals surface area (Å²) in [6.07, 6.45) is 0. The Morgan fingerprint density at radius 3 is 1.47 bits per heavy atom. The summed E-state index contributed by atoms with van der Waals surface area (Å²) in [5, 5.41) is 41.8. The zero-order chi connectivity index (χ0) is 11.6. The van der Waals surface area contributed by atoms with Crippen molar-refractivity contribution in [1.82, 2.24) is 0 Å².